The molecule has 5 nitrogen and oxygen atoms in total. The minimum absolute atomic E-state index is 0.136. The van der Waals surface area contributed by atoms with Gasteiger partial charge in [-0.1, -0.05) is 24.6 Å². The highest BCUT2D eigenvalue weighted by molar-refractivity contribution is 5.91. The third-order valence-electron chi connectivity index (χ3n) is 9.08. The van der Waals surface area contributed by atoms with Crippen LogP contribution in [-0.2, 0) is 16.9 Å². The van der Waals surface area contributed by atoms with Crippen LogP contribution < -0.4 is 0 Å². The van der Waals surface area contributed by atoms with Crippen LogP contribution in [0.25, 0.3) is 0 Å². The summed E-state index contributed by atoms with van der Waals surface area (Å²) in [6.07, 6.45) is 10.8. The van der Waals surface area contributed by atoms with E-state index >= 15 is 0 Å². The van der Waals surface area contributed by atoms with Crippen molar-refractivity contribution in [3.63, 3.8) is 0 Å². The summed E-state index contributed by atoms with van der Waals surface area (Å²) in [6.45, 7) is 7.52. The van der Waals surface area contributed by atoms with Crippen molar-refractivity contribution in [2.24, 2.45) is 35.0 Å². The number of carbonyl (C=O) groups is 1. The lowest BCUT2D eigenvalue weighted by molar-refractivity contribution is -0.134. The molecular formula is C23H33N3O2. The van der Waals surface area contributed by atoms with Crippen molar-refractivity contribution < 1.29 is 9.90 Å². The van der Waals surface area contributed by atoms with E-state index in [1.54, 1.807) is 0 Å². The Morgan fingerprint density at radius 1 is 1.29 bits per heavy atom. The van der Waals surface area contributed by atoms with Gasteiger partial charge in [-0.2, -0.15) is 0 Å². The Bertz CT molecular complexity index is 830. The van der Waals surface area contributed by atoms with E-state index in [9.17, 15) is 9.90 Å². The molecule has 152 valence electrons. The lowest BCUT2D eigenvalue weighted by Gasteiger charge is -2.57. The van der Waals surface area contributed by atoms with Gasteiger partial charge in [0.25, 0.3) is 0 Å². The zero-order valence-corrected chi connectivity index (χ0v) is 17.4. The van der Waals surface area contributed by atoms with E-state index in [1.165, 1.54) is 5.57 Å². The summed E-state index contributed by atoms with van der Waals surface area (Å²) in [6, 6.07) is 0. The molecule has 0 radical (unpaired) electrons. The first kappa shape index (κ1) is 18.5. The molecule has 3 saturated carbocycles. The lowest BCUT2D eigenvalue weighted by atomic mass is 9.48. The van der Waals surface area contributed by atoms with E-state index in [0.717, 1.165) is 57.2 Å². The number of aromatic nitrogens is 3. The van der Waals surface area contributed by atoms with Gasteiger partial charge in [-0.05, 0) is 81.1 Å². The average Bonchev–Trinajstić information content (AvgIpc) is 3.25. The molecule has 4 aliphatic carbocycles. The minimum atomic E-state index is -0.867. The van der Waals surface area contributed by atoms with Crippen LogP contribution in [0.2, 0.25) is 0 Å². The van der Waals surface area contributed by atoms with Gasteiger partial charge in [0, 0.05) is 18.4 Å². The number of carbonyl (C=O) groups excluding carboxylic acids is 1. The fraction of sp³-hybridized carbons (Fsp3) is 0.783. The lowest BCUT2D eigenvalue weighted by Crippen LogP contribution is -2.53. The summed E-state index contributed by atoms with van der Waals surface area (Å²) in [5.74, 6) is 3.35. The molecule has 28 heavy (non-hydrogen) atoms. The normalized spacial score (nSPS) is 45.2. The average molecular weight is 384 g/mol. The molecule has 1 aromatic rings. The summed E-state index contributed by atoms with van der Waals surface area (Å²) in [5, 5.41) is 20.5. The fourth-order valence-corrected chi connectivity index (χ4v) is 7.67. The quantitative estimate of drug-likeness (QED) is 0.842. The first-order chi connectivity index (χ1) is 13.4. The number of nitrogens with zero attached hydrogens (tertiary/aromatic N) is 3. The third-order valence-corrected chi connectivity index (χ3v) is 9.08. The van der Waals surface area contributed by atoms with Crippen LogP contribution in [0.4, 0.5) is 0 Å². The molecule has 0 aliphatic heterocycles. The molecule has 1 heterocycles. The predicted octanol–water partition coefficient (Wildman–Crippen LogP) is 3.87. The van der Waals surface area contributed by atoms with E-state index in [0.29, 0.717) is 35.4 Å². The zero-order chi connectivity index (χ0) is 19.7. The third kappa shape index (κ3) is 2.38. The van der Waals surface area contributed by atoms with E-state index < -0.39 is 5.60 Å². The summed E-state index contributed by atoms with van der Waals surface area (Å²) in [5.41, 5.74) is 1.19. The maximum Gasteiger partial charge on any atom is 0.155 e. The van der Waals surface area contributed by atoms with Crippen LogP contribution in [0.5, 0.6) is 0 Å². The number of aryl methyl sites for hydroxylation is 1. The number of fused-ring (bicyclic) bond motifs is 5. The van der Waals surface area contributed by atoms with E-state index in [2.05, 4.69) is 31.1 Å². The van der Waals surface area contributed by atoms with E-state index in [-0.39, 0.29) is 5.41 Å². The predicted molar refractivity (Wildman–Crippen MR) is 106 cm³/mol. The zero-order valence-electron chi connectivity index (χ0n) is 17.4. The molecular weight excluding hydrogens is 350 g/mol. The van der Waals surface area contributed by atoms with Crippen molar-refractivity contribution in [3.8, 4) is 0 Å². The molecule has 0 amide bonds. The molecule has 0 spiro atoms. The molecule has 5 heteroatoms. The second-order valence-corrected chi connectivity index (χ2v) is 10.2. The van der Waals surface area contributed by atoms with Gasteiger partial charge < -0.3 is 5.11 Å². The van der Waals surface area contributed by atoms with Gasteiger partial charge in [-0.3, -0.25) is 9.48 Å². The van der Waals surface area contributed by atoms with Crippen molar-refractivity contribution in [3.05, 3.63) is 23.5 Å². The van der Waals surface area contributed by atoms with Crippen molar-refractivity contribution in [2.45, 2.75) is 77.9 Å². The number of ketones is 1. The number of hydrogen-bond donors (Lipinski definition) is 1. The van der Waals surface area contributed by atoms with Crippen LogP contribution in [0.15, 0.2) is 17.8 Å². The SMILES string of the molecule is CCn1cc([C@]2(O)CCC3C4C(CC[C@@]32C)C2CCC(=O)C=C2C[C@H]4C)nn1. The number of rotatable bonds is 2. The number of allylic oxidation sites excluding steroid dienone is 1. The molecule has 1 N–H and O–H groups in total. The van der Waals surface area contributed by atoms with Crippen molar-refractivity contribution in [2.75, 3.05) is 0 Å². The van der Waals surface area contributed by atoms with Gasteiger partial charge in [0.15, 0.2) is 5.78 Å². The van der Waals surface area contributed by atoms with Crippen LogP contribution >= 0.6 is 0 Å². The highest BCUT2D eigenvalue weighted by atomic mass is 16.3. The Kier molecular flexibility index (Phi) is 4.14. The van der Waals surface area contributed by atoms with Crippen LogP contribution in [0, 0.1) is 35.0 Å². The first-order valence-electron chi connectivity index (χ1n) is 11.2. The Balaban J connectivity index is 1.49. The standard InChI is InChI=1S/C23H33N3O2/c1-4-26-13-20(24-25-26)23(28)10-8-19-21-14(2)11-15-12-16(27)5-6-17(15)18(21)7-9-22(19,23)3/h12-14,17-19,21,28H,4-11H2,1-3H3/t14-,17?,18?,19?,21?,22+,23-/m1/s1. The van der Waals surface area contributed by atoms with E-state index in [4.69, 9.17) is 0 Å². The monoisotopic (exact) mass is 383 g/mol. The second kappa shape index (κ2) is 6.25. The summed E-state index contributed by atoms with van der Waals surface area (Å²) in [7, 11) is 0. The Morgan fingerprint density at radius 2 is 2.11 bits per heavy atom. The Hall–Kier alpha value is -1.49. The highest BCUT2D eigenvalue weighted by Crippen LogP contribution is 2.68. The summed E-state index contributed by atoms with van der Waals surface area (Å²) in [4.78, 5) is 12.0. The number of hydrogen-bond acceptors (Lipinski definition) is 4. The second-order valence-electron chi connectivity index (χ2n) is 10.2. The van der Waals surface area contributed by atoms with Crippen molar-refractivity contribution >= 4 is 5.78 Å². The number of aliphatic hydroxyl groups is 1. The maximum absolute atomic E-state index is 12.0. The molecule has 4 unspecified atom stereocenters. The van der Waals surface area contributed by atoms with Crippen molar-refractivity contribution in [1.82, 2.24) is 15.0 Å². The van der Waals surface area contributed by atoms with E-state index in [1.807, 2.05) is 17.0 Å². The van der Waals surface area contributed by atoms with Gasteiger partial charge in [0.05, 0.1) is 6.20 Å². The van der Waals surface area contributed by atoms with Gasteiger partial charge in [-0.15, -0.1) is 5.10 Å². The molecule has 0 aromatic carbocycles. The fourth-order valence-electron chi connectivity index (χ4n) is 7.67. The minimum Gasteiger partial charge on any atom is -0.383 e. The van der Waals surface area contributed by atoms with Gasteiger partial charge >= 0.3 is 0 Å². The summed E-state index contributed by atoms with van der Waals surface area (Å²) < 4.78 is 1.83. The topological polar surface area (TPSA) is 68.0 Å². The molecule has 0 saturated heterocycles. The van der Waals surface area contributed by atoms with Crippen molar-refractivity contribution in [1.29, 1.82) is 0 Å². The largest absolute Gasteiger partial charge is 0.383 e. The molecule has 4 aliphatic rings. The first-order valence-corrected chi connectivity index (χ1v) is 11.2. The smallest absolute Gasteiger partial charge is 0.155 e. The maximum atomic E-state index is 12.0. The van der Waals surface area contributed by atoms with Crippen LogP contribution in [0.3, 0.4) is 0 Å². The van der Waals surface area contributed by atoms with Gasteiger partial charge in [0.2, 0.25) is 0 Å². The molecule has 7 atom stereocenters. The van der Waals surface area contributed by atoms with Gasteiger partial charge in [-0.25, -0.2) is 0 Å². The van der Waals surface area contributed by atoms with Gasteiger partial charge in [0.1, 0.15) is 11.3 Å². The molecule has 3 fully saturated rings. The van der Waals surface area contributed by atoms with Crippen LogP contribution in [-0.4, -0.2) is 25.9 Å². The molecule has 1 aromatic heterocycles. The Labute approximate surface area is 167 Å². The summed E-state index contributed by atoms with van der Waals surface area (Å²) >= 11 is 0. The highest BCUT2D eigenvalue weighted by Gasteiger charge is 2.64. The van der Waals surface area contributed by atoms with Crippen LogP contribution in [0.1, 0.15) is 71.4 Å². The molecule has 0 bridgehead atoms. The molecule has 5 rings (SSSR count). The Morgan fingerprint density at radius 3 is 2.86 bits per heavy atom.